The van der Waals surface area contributed by atoms with E-state index in [1.54, 1.807) is 6.07 Å². The molecule has 0 saturated heterocycles. The lowest BCUT2D eigenvalue weighted by Gasteiger charge is -2.16. The molecule has 1 unspecified atom stereocenters. The van der Waals surface area contributed by atoms with Crippen LogP contribution in [0.2, 0.25) is 0 Å². The van der Waals surface area contributed by atoms with Gasteiger partial charge in [0.05, 0.1) is 17.4 Å². The molecule has 1 aromatic heterocycles. The lowest BCUT2D eigenvalue weighted by Crippen LogP contribution is -2.29. The number of nitrogens with one attached hydrogen (secondary N) is 2. The van der Waals surface area contributed by atoms with E-state index in [1.807, 2.05) is 57.4 Å². The average molecular weight is 530 g/mol. The Kier molecular flexibility index (Phi) is 8.31. The summed E-state index contributed by atoms with van der Waals surface area (Å²) >= 11 is 4.74. The van der Waals surface area contributed by atoms with Gasteiger partial charge in [0.2, 0.25) is 5.91 Å². The van der Waals surface area contributed by atoms with E-state index in [-0.39, 0.29) is 23.6 Å². The van der Waals surface area contributed by atoms with Gasteiger partial charge in [0.25, 0.3) is 5.91 Å². The van der Waals surface area contributed by atoms with Crippen LogP contribution in [0.15, 0.2) is 46.0 Å². The molecule has 0 aliphatic rings. The van der Waals surface area contributed by atoms with E-state index < -0.39 is 0 Å². The van der Waals surface area contributed by atoms with Crippen molar-refractivity contribution in [2.45, 2.75) is 52.4 Å². The molecule has 3 rings (SSSR count). The summed E-state index contributed by atoms with van der Waals surface area (Å²) in [4.78, 5) is 25.3. The Morgan fingerprint density at radius 1 is 1.12 bits per heavy atom. The first kappa shape index (κ1) is 25.0. The molecule has 0 bridgehead atoms. The zero-order valence-corrected chi connectivity index (χ0v) is 21.8. The number of carbonyl (C=O) groups excluding carboxylic acids is 2. The van der Waals surface area contributed by atoms with Gasteiger partial charge in [-0.1, -0.05) is 41.6 Å². The highest BCUT2D eigenvalue weighted by molar-refractivity contribution is 9.10. The number of thioether (sulfide) groups is 1. The number of amides is 2. The van der Waals surface area contributed by atoms with E-state index in [4.69, 9.17) is 0 Å². The fraction of sp³-hybridized carbons (Fsp3) is 0.333. The van der Waals surface area contributed by atoms with E-state index in [0.29, 0.717) is 23.1 Å². The number of hydrogen-bond donors (Lipinski definition) is 2. The van der Waals surface area contributed by atoms with Gasteiger partial charge in [-0.2, -0.15) is 0 Å². The van der Waals surface area contributed by atoms with Crippen LogP contribution in [0, 0.1) is 20.8 Å². The summed E-state index contributed by atoms with van der Waals surface area (Å²) < 4.78 is 2.65. The first-order valence-corrected chi connectivity index (χ1v) is 12.5. The summed E-state index contributed by atoms with van der Waals surface area (Å²) in [6, 6.07) is 11.0. The standard InChI is InChI=1S/C24H28BrN5O2S/c1-6-30-22(17(5)26-23(32)18-9-7-8-10-19(18)25)28-29-24(30)33-13-20(31)27-21-15(3)11-14(2)12-16(21)4/h7-12,17H,6,13H2,1-5H3,(H,26,32)(H,27,31). The monoisotopic (exact) mass is 529 g/mol. The molecule has 33 heavy (non-hydrogen) atoms. The van der Waals surface area contributed by atoms with E-state index >= 15 is 0 Å². The van der Waals surface area contributed by atoms with E-state index in [1.165, 1.54) is 17.3 Å². The van der Waals surface area contributed by atoms with Crippen molar-refractivity contribution in [2.75, 3.05) is 11.1 Å². The van der Waals surface area contributed by atoms with Crippen LogP contribution in [-0.4, -0.2) is 32.3 Å². The molecule has 2 N–H and O–H groups in total. The number of rotatable bonds is 8. The normalized spacial score (nSPS) is 11.8. The smallest absolute Gasteiger partial charge is 0.253 e. The highest BCUT2D eigenvalue weighted by atomic mass is 79.9. The topological polar surface area (TPSA) is 88.9 Å². The van der Waals surface area contributed by atoms with Crippen molar-refractivity contribution in [1.29, 1.82) is 0 Å². The predicted octanol–water partition coefficient (Wildman–Crippen LogP) is 5.21. The highest BCUT2D eigenvalue weighted by Crippen LogP contribution is 2.24. The molecular weight excluding hydrogens is 502 g/mol. The molecule has 0 spiro atoms. The first-order chi connectivity index (χ1) is 15.7. The second-order valence-electron chi connectivity index (χ2n) is 7.87. The number of aryl methyl sites for hydroxylation is 3. The summed E-state index contributed by atoms with van der Waals surface area (Å²) in [6.45, 7) is 10.5. The van der Waals surface area contributed by atoms with E-state index in [2.05, 4.69) is 48.9 Å². The van der Waals surface area contributed by atoms with Crippen LogP contribution in [0.25, 0.3) is 0 Å². The molecule has 0 aliphatic heterocycles. The molecule has 174 valence electrons. The van der Waals surface area contributed by atoms with Gasteiger partial charge in [-0.25, -0.2) is 0 Å². The van der Waals surface area contributed by atoms with Gasteiger partial charge in [0.1, 0.15) is 0 Å². The molecule has 2 aromatic carbocycles. The summed E-state index contributed by atoms with van der Waals surface area (Å²) in [5.74, 6) is 0.560. The summed E-state index contributed by atoms with van der Waals surface area (Å²) in [7, 11) is 0. The van der Waals surface area contributed by atoms with Crippen LogP contribution in [0.3, 0.4) is 0 Å². The first-order valence-electron chi connectivity index (χ1n) is 10.7. The summed E-state index contributed by atoms with van der Waals surface area (Å²) in [6.07, 6.45) is 0. The molecular formula is C24H28BrN5O2S. The van der Waals surface area contributed by atoms with Crippen molar-refractivity contribution in [3.63, 3.8) is 0 Å². The molecule has 0 saturated carbocycles. The number of nitrogens with zero attached hydrogens (tertiary/aromatic N) is 3. The Morgan fingerprint density at radius 2 is 1.79 bits per heavy atom. The minimum atomic E-state index is -0.349. The average Bonchev–Trinajstić information content (AvgIpc) is 3.18. The Morgan fingerprint density at radius 3 is 2.42 bits per heavy atom. The maximum atomic E-state index is 12.7. The quantitative estimate of drug-likeness (QED) is 0.391. The van der Waals surface area contributed by atoms with Gasteiger partial charge >= 0.3 is 0 Å². The summed E-state index contributed by atoms with van der Waals surface area (Å²) in [5.41, 5.74) is 4.66. The lowest BCUT2D eigenvalue weighted by molar-refractivity contribution is -0.113. The van der Waals surface area contributed by atoms with Crippen LogP contribution in [0.5, 0.6) is 0 Å². The molecule has 0 radical (unpaired) electrons. The Labute approximate surface area is 206 Å². The molecule has 1 heterocycles. The van der Waals surface area contributed by atoms with Gasteiger partial charge in [-0.15, -0.1) is 10.2 Å². The number of aromatic nitrogens is 3. The van der Waals surface area contributed by atoms with Crippen LogP contribution >= 0.6 is 27.7 Å². The number of halogens is 1. The maximum Gasteiger partial charge on any atom is 0.253 e. The minimum Gasteiger partial charge on any atom is -0.342 e. The van der Waals surface area contributed by atoms with Gasteiger partial charge < -0.3 is 15.2 Å². The van der Waals surface area contributed by atoms with Crippen molar-refractivity contribution in [1.82, 2.24) is 20.1 Å². The SMILES string of the molecule is CCn1c(SCC(=O)Nc2c(C)cc(C)cc2C)nnc1C(C)NC(=O)c1ccccc1Br. The van der Waals surface area contributed by atoms with Crippen LogP contribution in [0.4, 0.5) is 5.69 Å². The molecule has 0 aliphatic carbocycles. The van der Waals surface area contributed by atoms with E-state index in [9.17, 15) is 9.59 Å². The zero-order valence-electron chi connectivity index (χ0n) is 19.4. The number of hydrogen-bond acceptors (Lipinski definition) is 5. The number of anilines is 1. The third kappa shape index (κ3) is 6.03. The van der Waals surface area contributed by atoms with Gasteiger partial charge in [-0.3, -0.25) is 9.59 Å². The zero-order chi connectivity index (χ0) is 24.1. The lowest BCUT2D eigenvalue weighted by atomic mass is 10.1. The Hall–Kier alpha value is -2.65. The second kappa shape index (κ2) is 11.0. The van der Waals surface area contributed by atoms with Crippen LogP contribution in [0.1, 0.15) is 52.8 Å². The van der Waals surface area contributed by atoms with Crippen LogP contribution < -0.4 is 10.6 Å². The van der Waals surface area contributed by atoms with Crippen molar-refractivity contribution in [3.05, 3.63) is 68.9 Å². The van der Waals surface area contributed by atoms with Gasteiger partial charge in [0, 0.05) is 16.7 Å². The molecule has 0 fully saturated rings. The van der Waals surface area contributed by atoms with Gasteiger partial charge in [-0.05, 0) is 73.8 Å². The number of benzene rings is 2. The molecule has 2 amide bonds. The molecule has 9 heteroatoms. The minimum absolute atomic E-state index is 0.0995. The van der Waals surface area contributed by atoms with Crippen molar-refractivity contribution < 1.29 is 9.59 Å². The largest absolute Gasteiger partial charge is 0.342 e. The molecule has 1 atom stereocenters. The second-order valence-corrected chi connectivity index (χ2v) is 9.67. The Balaban J connectivity index is 1.66. The van der Waals surface area contributed by atoms with Gasteiger partial charge in [0.15, 0.2) is 11.0 Å². The summed E-state index contributed by atoms with van der Waals surface area (Å²) in [5, 5.41) is 15.2. The van der Waals surface area contributed by atoms with Crippen molar-refractivity contribution in [3.8, 4) is 0 Å². The fourth-order valence-corrected chi connectivity index (χ4v) is 4.97. The molecule has 7 nitrogen and oxygen atoms in total. The molecule has 3 aromatic rings. The number of carbonyl (C=O) groups is 2. The van der Waals surface area contributed by atoms with E-state index in [0.717, 1.165) is 21.3 Å². The fourth-order valence-electron chi connectivity index (χ4n) is 3.69. The Bertz CT molecular complexity index is 1150. The predicted molar refractivity (Wildman–Crippen MR) is 136 cm³/mol. The van der Waals surface area contributed by atoms with Crippen LogP contribution in [-0.2, 0) is 11.3 Å². The van der Waals surface area contributed by atoms with Crippen molar-refractivity contribution >= 4 is 45.2 Å². The third-order valence-electron chi connectivity index (χ3n) is 5.19. The third-order valence-corrected chi connectivity index (χ3v) is 6.85. The highest BCUT2D eigenvalue weighted by Gasteiger charge is 2.21. The van der Waals surface area contributed by atoms with Crippen molar-refractivity contribution in [2.24, 2.45) is 0 Å². The maximum absolute atomic E-state index is 12.7.